The number of hydrogen-bond donors (Lipinski definition) is 1. The number of amides is 1. The number of anilines is 1. The Morgan fingerprint density at radius 1 is 0.678 bits per heavy atom. The van der Waals surface area contributed by atoms with Gasteiger partial charge in [-0.05, 0) is 115 Å². The van der Waals surface area contributed by atoms with E-state index in [9.17, 15) is 10.2 Å². The van der Waals surface area contributed by atoms with Crippen molar-refractivity contribution in [2.45, 2.75) is 118 Å². The van der Waals surface area contributed by atoms with E-state index in [0.29, 0.717) is 11.5 Å². The van der Waals surface area contributed by atoms with Gasteiger partial charge < -0.3 is 0 Å². The minimum atomic E-state index is -0.113. The van der Waals surface area contributed by atoms with Gasteiger partial charge in [0.05, 0.1) is 5.69 Å². The van der Waals surface area contributed by atoms with Crippen molar-refractivity contribution in [1.82, 2.24) is 0 Å². The van der Waals surface area contributed by atoms with E-state index in [4.69, 9.17) is 0 Å². The molecule has 0 aliphatic carbocycles. The lowest BCUT2D eigenvalue weighted by molar-refractivity contribution is 0.100. The average molecular weight is 815 g/mol. The zero-order valence-corrected chi connectivity index (χ0v) is 37.4. The van der Waals surface area contributed by atoms with Gasteiger partial charge in [-0.3, -0.25) is 15.1 Å². The average Bonchev–Trinajstić information content (AvgIpc) is 3.89. The van der Waals surface area contributed by atoms with Crippen LogP contribution >= 0.6 is 23.1 Å². The molecule has 6 aromatic carbocycles. The van der Waals surface area contributed by atoms with Gasteiger partial charge in [0.15, 0.2) is 0 Å². The molecule has 1 aromatic heterocycles. The number of carbonyl (C=O) groups excluding carboxylic acids is 1. The highest BCUT2D eigenvalue weighted by molar-refractivity contribution is 8.08. The van der Waals surface area contributed by atoms with Crippen molar-refractivity contribution in [1.29, 1.82) is 5.41 Å². The van der Waals surface area contributed by atoms with Crippen LogP contribution in [0.1, 0.15) is 149 Å². The number of hydrogen-bond acceptors (Lipinski definition) is 4. The topological polar surface area (TPSA) is 44.2 Å². The van der Waals surface area contributed by atoms with Crippen molar-refractivity contribution >= 4 is 88.5 Å². The van der Waals surface area contributed by atoms with Crippen LogP contribution in [-0.2, 0) is 6.42 Å². The molecule has 3 heterocycles. The second-order valence-corrected chi connectivity index (χ2v) is 19.9. The van der Waals surface area contributed by atoms with Gasteiger partial charge in [-0.1, -0.05) is 153 Å². The molecule has 9 rings (SSSR count). The van der Waals surface area contributed by atoms with Gasteiger partial charge >= 0.3 is 0 Å². The van der Waals surface area contributed by atoms with Crippen LogP contribution in [0, 0.1) is 11.3 Å². The third-order valence-electron chi connectivity index (χ3n) is 13.1. The first kappa shape index (κ1) is 40.0. The van der Waals surface area contributed by atoms with Gasteiger partial charge in [0.1, 0.15) is 5.84 Å². The number of carbonyl (C=O) groups is 1. The maximum atomic E-state index is 14.8. The Morgan fingerprint density at radius 2 is 1.29 bits per heavy atom. The van der Waals surface area contributed by atoms with E-state index in [-0.39, 0.29) is 23.6 Å². The number of amidine groups is 1. The summed E-state index contributed by atoms with van der Waals surface area (Å²) in [5, 5.41) is 19.0. The lowest BCUT2D eigenvalue weighted by Crippen LogP contribution is -2.41. The molecule has 1 unspecified atom stereocenters. The molecule has 2 aliphatic rings. The van der Waals surface area contributed by atoms with Crippen LogP contribution in [0.3, 0.4) is 0 Å². The number of para-hydroxylation sites is 1. The molecule has 302 valence electrons. The number of benzene rings is 6. The van der Waals surface area contributed by atoms with E-state index in [1.165, 1.54) is 111 Å². The maximum Gasteiger partial charge on any atom is 0.264 e. The van der Waals surface area contributed by atoms with Crippen molar-refractivity contribution in [2.75, 3.05) is 10.7 Å². The predicted molar refractivity (Wildman–Crippen MR) is 260 cm³/mol. The van der Waals surface area contributed by atoms with Crippen LogP contribution < -0.4 is 4.90 Å². The summed E-state index contributed by atoms with van der Waals surface area (Å²) in [6.07, 6.45) is 15.5. The summed E-state index contributed by atoms with van der Waals surface area (Å²) in [5.41, 5.74) is 7.40. The number of aryl methyl sites for hydroxylation is 1. The zero-order chi connectivity index (χ0) is 40.9. The number of rotatable bonds is 15. The van der Waals surface area contributed by atoms with Crippen molar-refractivity contribution in [2.24, 2.45) is 5.92 Å². The molecule has 0 radical (unpaired) electrons. The minimum absolute atomic E-state index is 0.113. The summed E-state index contributed by atoms with van der Waals surface area (Å²) < 4.78 is 0. The third-order valence-corrected chi connectivity index (χ3v) is 15.7. The first-order valence-electron chi connectivity index (χ1n) is 22.4. The molecule has 1 N–H and O–H groups in total. The molecule has 59 heavy (non-hydrogen) atoms. The summed E-state index contributed by atoms with van der Waals surface area (Å²) >= 11 is 4.09. The largest absolute Gasteiger partial charge is 0.283 e. The Kier molecular flexibility index (Phi) is 11.2. The lowest BCUT2D eigenvalue weighted by Gasteiger charge is -2.34. The number of unbranched alkanes of at least 4 members (excludes halogenated alkanes) is 6. The maximum absolute atomic E-state index is 14.8. The van der Waals surface area contributed by atoms with Crippen LogP contribution in [0.25, 0.3) is 58.4 Å². The molecular formula is C54H58N2OS2. The van der Waals surface area contributed by atoms with E-state index in [1.807, 2.05) is 17.4 Å². The van der Waals surface area contributed by atoms with Gasteiger partial charge in [0.25, 0.3) is 5.91 Å². The van der Waals surface area contributed by atoms with E-state index in [0.717, 1.165) is 50.3 Å². The Morgan fingerprint density at radius 3 is 1.98 bits per heavy atom. The number of nitrogens with zero attached hydrogens (tertiary/aromatic N) is 1. The number of fused-ring (bicyclic) bond motifs is 2. The van der Waals surface area contributed by atoms with Crippen LogP contribution in [0.15, 0.2) is 84.9 Å². The van der Waals surface area contributed by atoms with E-state index in [1.54, 1.807) is 4.90 Å². The standard InChI is InChI=1S/C54H58N2OS2/c1-7-9-11-13-17-34-29-47(58-31-34)52-35(18-14-12-10-8-2)30-46(59-52)38-23-24-41-43-25-27-44-50-45(28-26-42(49(43)50)40-22-16-21-39(38)48(40)41)54(57)56(53(44)55)51-36(32(3)4)19-15-20-37(51)33(5)6/h15-16,19-30,32-34,55H,7-14,17-18,31H2,1-6H3. The highest BCUT2D eigenvalue weighted by Gasteiger charge is 2.36. The van der Waals surface area contributed by atoms with Gasteiger partial charge in [0.2, 0.25) is 0 Å². The molecule has 0 saturated carbocycles. The Labute approximate surface area is 359 Å². The van der Waals surface area contributed by atoms with Crippen molar-refractivity contribution in [3.63, 3.8) is 0 Å². The number of allylic oxidation sites excluding steroid dienone is 1. The Balaban J connectivity index is 1.16. The SMILES string of the molecule is CCCCCCc1cc(-c2ccc3c4ccc5c6c(ccc(c7cccc2c37)c64)C(=O)N(c2c(C(C)C)cccc2C(C)C)C5=N)sc1C1=CC(CCCCCC)CS1. The number of thiophene rings is 1. The lowest BCUT2D eigenvalue weighted by atomic mass is 9.83. The van der Waals surface area contributed by atoms with Gasteiger partial charge in [-0.25, -0.2) is 0 Å². The first-order valence-corrected chi connectivity index (χ1v) is 24.2. The first-order chi connectivity index (χ1) is 28.7. The molecule has 0 spiro atoms. The second-order valence-electron chi connectivity index (χ2n) is 17.8. The molecule has 1 atom stereocenters. The van der Waals surface area contributed by atoms with Crippen LogP contribution in [0.4, 0.5) is 5.69 Å². The molecule has 0 fully saturated rings. The van der Waals surface area contributed by atoms with E-state index in [2.05, 4.69) is 132 Å². The molecule has 1 amide bonds. The molecule has 0 bridgehead atoms. The van der Waals surface area contributed by atoms with Crippen molar-refractivity contribution in [3.05, 3.63) is 118 Å². The summed E-state index contributed by atoms with van der Waals surface area (Å²) in [6.45, 7) is 13.3. The zero-order valence-electron chi connectivity index (χ0n) is 35.8. The Bertz CT molecular complexity index is 2670. The van der Waals surface area contributed by atoms with Crippen LogP contribution in [0.5, 0.6) is 0 Å². The fraction of sp³-hybridized carbons (Fsp3) is 0.370. The van der Waals surface area contributed by atoms with E-state index < -0.39 is 0 Å². The normalized spacial score (nSPS) is 15.8. The third kappa shape index (κ3) is 6.91. The molecule has 3 nitrogen and oxygen atoms in total. The predicted octanol–water partition coefficient (Wildman–Crippen LogP) is 16.5. The fourth-order valence-electron chi connectivity index (χ4n) is 10.1. The van der Waals surface area contributed by atoms with Gasteiger partial charge in [0, 0.05) is 36.9 Å². The highest BCUT2D eigenvalue weighted by Crippen LogP contribution is 2.50. The van der Waals surface area contributed by atoms with Crippen molar-refractivity contribution < 1.29 is 4.79 Å². The summed E-state index contributed by atoms with van der Waals surface area (Å²) in [4.78, 5) is 20.9. The Hall–Kier alpha value is -4.45. The summed E-state index contributed by atoms with van der Waals surface area (Å²) in [6, 6.07) is 28.9. The van der Waals surface area contributed by atoms with Gasteiger partial charge in [-0.15, -0.1) is 23.1 Å². The summed E-state index contributed by atoms with van der Waals surface area (Å²) in [5.74, 6) is 2.46. The quantitative estimate of drug-likeness (QED) is 0.0636. The smallest absolute Gasteiger partial charge is 0.264 e. The fourth-order valence-corrected chi connectivity index (χ4v) is 12.7. The number of thioether (sulfide) groups is 1. The minimum Gasteiger partial charge on any atom is -0.283 e. The highest BCUT2D eigenvalue weighted by atomic mass is 32.2. The number of nitrogens with one attached hydrogen (secondary N) is 1. The van der Waals surface area contributed by atoms with Gasteiger partial charge in [-0.2, -0.15) is 0 Å². The summed E-state index contributed by atoms with van der Waals surface area (Å²) in [7, 11) is 0. The second kappa shape index (κ2) is 16.5. The van der Waals surface area contributed by atoms with Crippen LogP contribution in [0.2, 0.25) is 0 Å². The molecular weight excluding hydrogens is 757 g/mol. The monoisotopic (exact) mass is 814 g/mol. The van der Waals surface area contributed by atoms with Crippen molar-refractivity contribution in [3.8, 4) is 10.4 Å². The van der Waals surface area contributed by atoms with Crippen LogP contribution in [-0.4, -0.2) is 17.5 Å². The molecule has 2 aliphatic heterocycles. The molecule has 0 saturated heterocycles. The molecule has 5 heteroatoms. The van der Waals surface area contributed by atoms with E-state index >= 15 is 0 Å². The molecule has 7 aromatic rings.